The maximum Gasteiger partial charge on any atom is 0.508 e. The first-order valence-electron chi connectivity index (χ1n) is 41.2. The Bertz CT molecular complexity index is 2430. The number of hydrogen-bond acceptors (Lipinski definition) is 14. The van der Waals surface area contributed by atoms with E-state index in [4.69, 9.17) is 33.2 Å². The fourth-order valence-corrected chi connectivity index (χ4v) is 9.98. The molecule has 0 spiro atoms. The molecule has 1 aromatic carbocycles. The molecule has 0 N–H and O–H groups in total. The van der Waals surface area contributed by atoms with E-state index in [1.54, 1.807) is 6.07 Å². The molecule has 0 bridgehead atoms. The van der Waals surface area contributed by atoms with Crippen molar-refractivity contribution in [1.29, 1.82) is 0 Å². The summed E-state index contributed by atoms with van der Waals surface area (Å²) < 4.78 is 37.8. The number of carbonyl (C=O) groups is 5. The van der Waals surface area contributed by atoms with Crippen LogP contribution in [0.5, 0.6) is 0 Å². The number of rotatable bonds is 32. The second-order valence-electron chi connectivity index (χ2n) is 45.0. The normalized spacial score (nSPS) is 13.8. The van der Waals surface area contributed by atoms with E-state index in [0.29, 0.717) is 75.6 Å². The van der Waals surface area contributed by atoms with Gasteiger partial charge >= 0.3 is 24.1 Å². The molecule has 15 nitrogen and oxygen atoms in total. The van der Waals surface area contributed by atoms with E-state index in [0.717, 1.165) is 103 Å². The van der Waals surface area contributed by atoms with Crippen molar-refractivity contribution < 1.29 is 62.1 Å². The zero-order valence-corrected chi connectivity index (χ0v) is 77.0. The minimum atomic E-state index is -0.548. The number of ketones is 1. The number of unbranched alkanes of at least 4 members (excludes halogenated alkanes) is 3. The Morgan fingerprint density at radius 1 is 0.346 bits per heavy atom. The molecule has 1 aromatic rings. The molecule has 15 heteroatoms. The van der Waals surface area contributed by atoms with Crippen LogP contribution in [-0.4, -0.2) is 73.6 Å². The van der Waals surface area contributed by atoms with Gasteiger partial charge in [0.2, 0.25) is 0 Å². The molecule has 0 heterocycles. The van der Waals surface area contributed by atoms with E-state index in [1.165, 1.54) is 63.5 Å². The van der Waals surface area contributed by atoms with Gasteiger partial charge in [-0.05, 0) is 167 Å². The Balaban J connectivity index is -0.000000605. The number of ether oxygens (including phenoxy) is 7. The highest BCUT2D eigenvalue weighted by atomic mass is 16.7. The first-order valence-corrected chi connectivity index (χ1v) is 41.2. The standard InChI is InChI=1S/C20H29NO6.C17H34O2.C15H30O.C14H30.C13H26O3.C13H26O2/c1-19(2,3)10-17(22)26-12-14-7-8-15(16(9-14)21(24)25)13-27-18(23)11-20(4,5)6;1-15(2,3)11-13-18-17(9-7-8-10-17)19-14-12-16(4,5)6;1-14(2,3)11-7-9-13(16)10-8-12-15(4,5)6;1-13(2,3)11-9-7-8-10-12-14(4,5)6;1-12(2,3)7-9-15-11(14)16-10-8-13(4,5)6;1-12(2,3)8-7-11(14)15-10-9-13(4,5)6/h7-9H,10-13H2,1-6H3;7-14H2,1-6H3;7-12H2,1-6H3;7-12H2,1-6H3;7-10H2,1-6H3;7-10H2,1-6H3. The summed E-state index contributed by atoms with van der Waals surface area (Å²) in [5, 5.41) is 11.3. The lowest BCUT2D eigenvalue weighted by Gasteiger charge is -2.32. The second-order valence-corrected chi connectivity index (χ2v) is 45.0. The number of hydrogen-bond donors (Lipinski definition) is 0. The molecule has 0 aromatic heterocycles. The van der Waals surface area contributed by atoms with Crippen molar-refractivity contribution >= 4 is 35.5 Å². The van der Waals surface area contributed by atoms with E-state index in [-0.39, 0.29) is 82.0 Å². The predicted molar refractivity (Wildman–Crippen MR) is 449 cm³/mol. The van der Waals surface area contributed by atoms with Crippen molar-refractivity contribution in [3.05, 3.63) is 39.4 Å². The summed E-state index contributed by atoms with van der Waals surface area (Å²) in [6.07, 6.45) is 25.2. The molecule has 0 radical (unpaired) electrons. The Morgan fingerprint density at radius 2 is 0.654 bits per heavy atom. The number of nitro benzene ring substituents is 1. The largest absolute Gasteiger partial charge is 0.508 e. The number of Topliss-reactive ketones (excluding diaryl/α,β-unsaturated/α-hetero) is 1. The molecule has 0 unspecified atom stereocenters. The Hall–Kier alpha value is -4.11. The molecule has 2 rings (SSSR count). The average molecular weight is 1520 g/mol. The van der Waals surface area contributed by atoms with Crippen LogP contribution >= 0.6 is 0 Å². The monoisotopic (exact) mass is 1520 g/mol. The topological polar surface area (TPSA) is 193 Å². The minimum absolute atomic E-state index is 0.0418. The van der Waals surface area contributed by atoms with Crippen LogP contribution in [0.4, 0.5) is 10.5 Å². The highest BCUT2D eigenvalue weighted by Gasteiger charge is 2.37. The van der Waals surface area contributed by atoms with E-state index in [9.17, 15) is 34.1 Å². The van der Waals surface area contributed by atoms with Crippen molar-refractivity contribution in [3.8, 4) is 0 Å². The first-order chi connectivity index (χ1) is 47.9. The fourth-order valence-electron chi connectivity index (χ4n) is 9.98. The van der Waals surface area contributed by atoms with Gasteiger partial charge in [0.05, 0.1) is 56.4 Å². The third-order valence-electron chi connectivity index (χ3n) is 17.0. The van der Waals surface area contributed by atoms with Crippen LogP contribution in [0.3, 0.4) is 0 Å². The van der Waals surface area contributed by atoms with Gasteiger partial charge in [0.25, 0.3) is 5.69 Å². The van der Waals surface area contributed by atoms with Gasteiger partial charge in [-0.15, -0.1) is 0 Å². The van der Waals surface area contributed by atoms with Crippen molar-refractivity contribution in [1.82, 2.24) is 0 Å². The van der Waals surface area contributed by atoms with Gasteiger partial charge in [0.15, 0.2) is 5.79 Å². The molecule has 1 aliphatic rings. The maximum atomic E-state index is 11.8. The molecule has 632 valence electrons. The summed E-state index contributed by atoms with van der Waals surface area (Å²) in [6, 6.07) is 4.50. The lowest BCUT2D eigenvalue weighted by molar-refractivity contribution is -0.385. The molecule has 0 amide bonds. The number of nitro groups is 1. The number of carbonyl (C=O) groups excluding carboxylic acids is 5. The molecular formula is C92H175NO14. The van der Waals surface area contributed by atoms with E-state index in [1.807, 2.05) is 41.5 Å². The third kappa shape index (κ3) is 84.2. The quantitative estimate of drug-likeness (QED) is 0.0165. The molecule has 0 saturated heterocycles. The Labute approximate surface area is 660 Å². The van der Waals surface area contributed by atoms with Crippen molar-refractivity contribution in [2.24, 2.45) is 65.0 Å². The molecule has 1 saturated carbocycles. The molecule has 0 aliphatic heterocycles. The van der Waals surface area contributed by atoms with Gasteiger partial charge < -0.3 is 33.2 Å². The summed E-state index contributed by atoms with van der Waals surface area (Å²) in [4.78, 5) is 68.6. The maximum absolute atomic E-state index is 11.8. The van der Waals surface area contributed by atoms with Crippen LogP contribution in [0.15, 0.2) is 18.2 Å². The van der Waals surface area contributed by atoms with Crippen LogP contribution in [0.1, 0.15) is 421 Å². The number of esters is 3. The zero-order valence-electron chi connectivity index (χ0n) is 77.0. The minimum Gasteiger partial charge on any atom is -0.466 e. The van der Waals surface area contributed by atoms with E-state index >= 15 is 0 Å². The van der Waals surface area contributed by atoms with Crippen LogP contribution in [0.25, 0.3) is 0 Å². The smallest absolute Gasteiger partial charge is 0.466 e. The highest BCUT2D eigenvalue weighted by Crippen LogP contribution is 2.37. The summed E-state index contributed by atoms with van der Waals surface area (Å²) in [5.41, 5.74) is 3.53. The molecular weight excluding hydrogens is 1340 g/mol. The number of nitrogens with zero attached hydrogens (tertiary/aromatic N) is 1. The van der Waals surface area contributed by atoms with Crippen LogP contribution < -0.4 is 0 Å². The summed E-state index contributed by atoms with van der Waals surface area (Å²) in [6.45, 7) is 80.8. The van der Waals surface area contributed by atoms with Gasteiger partial charge in [0.1, 0.15) is 19.0 Å². The summed E-state index contributed by atoms with van der Waals surface area (Å²) >= 11 is 0. The van der Waals surface area contributed by atoms with Gasteiger partial charge in [-0.3, -0.25) is 29.3 Å². The van der Waals surface area contributed by atoms with Crippen molar-refractivity contribution in [2.45, 2.75) is 429 Å². The van der Waals surface area contributed by atoms with Crippen LogP contribution in [-0.2, 0) is 65.5 Å². The Kier molecular flexibility index (Phi) is 51.9. The van der Waals surface area contributed by atoms with Crippen LogP contribution in [0.2, 0.25) is 0 Å². The van der Waals surface area contributed by atoms with Gasteiger partial charge in [-0.2, -0.15) is 0 Å². The lowest BCUT2D eigenvalue weighted by Crippen LogP contribution is -2.34. The van der Waals surface area contributed by atoms with Crippen LogP contribution in [0, 0.1) is 75.1 Å². The van der Waals surface area contributed by atoms with Gasteiger partial charge in [-0.25, -0.2) is 4.79 Å². The van der Waals surface area contributed by atoms with Gasteiger partial charge in [0, 0.05) is 38.2 Å². The average Bonchev–Trinajstić information content (AvgIpc) is 1.76. The predicted octanol–water partition coefficient (Wildman–Crippen LogP) is 27.9. The summed E-state index contributed by atoms with van der Waals surface area (Å²) in [7, 11) is 0. The molecule has 1 aliphatic carbocycles. The van der Waals surface area contributed by atoms with Crippen molar-refractivity contribution in [2.75, 3.05) is 33.0 Å². The van der Waals surface area contributed by atoms with E-state index in [2.05, 4.69) is 208 Å². The molecule has 107 heavy (non-hydrogen) atoms. The van der Waals surface area contributed by atoms with E-state index < -0.39 is 17.0 Å². The third-order valence-corrected chi connectivity index (χ3v) is 17.0. The lowest BCUT2D eigenvalue weighted by atomic mass is 9.87. The zero-order chi connectivity index (χ0) is 84.4. The second kappa shape index (κ2) is 50.8. The first kappa shape index (κ1) is 109. The molecule has 1 fully saturated rings. The van der Waals surface area contributed by atoms with Gasteiger partial charge in [-0.1, -0.05) is 281 Å². The molecule has 0 atom stereocenters. The highest BCUT2D eigenvalue weighted by molar-refractivity contribution is 5.78. The number of benzene rings is 1. The SMILES string of the molecule is CC(C)(C)CC(=O)OCc1ccc(COC(=O)CC(C)(C)C)c([N+](=O)[O-])c1.CC(C)(C)CCCC(=O)CCCC(C)(C)C.CC(C)(C)CCCCCCC(C)(C)C.CC(C)(C)CCOC(=O)CCC(C)(C)C.CC(C)(C)CCOC(=O)OCCC(C)(C)C.CC(C)(C)CCOC1(OCCC(C)(C)C)CCCC1. The Morgan fingerprint density at radius 3 is 0.972 bits per heavy atom. The fraction of sp³-hybridized carbons (Fsp3) is 0.880. The summed E-state index contributed by atoms with van der Waals surface area (Å²) in [5.74, 6) is -0.638. The van der Waals surface area contributed by atoms with Crippen molar-refractivity contribution in [3.63, 3.8) is 0 Å².